The zero-order valence-electron chi connectivity index (χ0n) is 8.85. The lowest BCUT2D eigenvalue weighted by molar-refractivity contribution is -0.122. The molecule has 0 bridgehead atoms. The molecular weight excluding hydrogens is 242 g/mol. The van der Waals surface area contributed by atoms with E-state index in [9.17, 15) is 4.79 Å². The van der Waals surface area contributed by atoms with E-state index in [-0.39, 0.29) is 5.91 Å². The van der Waals surface area contributed by atoms with Crippen LogP contribution in [-0.2, 0) is 4.79 Å². The molecule has 1 heterocycles. The lowest BCUT2D eigenvalue weighted by Crippen LogP contribution is -2.44. The molecule has 90 valence electrons. The van der Waals surface area contributed by atoms with Crippen LogP contribution in [0, 0.1) is 0 Å². The van der Waals surface area contributed by atoms with Gasteiger partial charge in [-0.2, -0.15) is 10.6 Å². The van der Waals surface area contributed by atoms with Crippen LogP contribution in [-0.4, -0.2) is 23.7 Å². The summed E-state index contributed by atoms with van der Waals surface area (Å²) in [7, 11) is 0. The molecule has 4 N–H and O–H groups in total. The van der Waals surface area contributed by atoms with E-state index in [1.54, 1.807) is 6.21 Å². The molecule has 1 aliphatic heterocycles. The Bertz CT molecular complexity index is 410. The van der Waals surface area contributed by atoms with E-state index in [2.05, 4.69) is 26.9 Å². The van der Waals surface area contributed by atoms with Crippen molar-refractivity contribution in [2.24, 2.45) is 5.10 Å². The van der Waals surface area contributed by atoms with E-state index < -0.39 is 11.5 Å². The first-order valence-electron chi connectivity index (χ1n) is 5.05. The SMILES string of the molecule is O=C(N/N=C\c1ccccc1)C1NNNC1Cl. The number of rotatable bonds is 3. The van der Waals surface area contributed by atoms with Gasteiger partial charge in [-0.1, -0.05) is 30.3 Å². The monoisotopic (exact) mass is 253 g/mol. The van der Waals surface area contributed by atoms with Crippen LogP contribution in [0.2, 0.25) is 0 Å². The molecule has 6 nitrogen and oxygen atoms in total. The number of amides is 1. The van der Waals surface area contributed by atoms with E-state index in [4.69, 9.17) is 11.6 Å². The minimum Gasteiger partial charge on any atom is -0.271 e. The average molecular weight is 254 g/mol. The normalized spacial score (nSPS) is 24.1. The van der Waals surface area contributed by atoms with Gasteiger partial charge in [0.15, 0.2) is 0 Å². The van der Waals surface area contributed by atoms with E-state index >= 15 is 0 Å². The number of benzene rings is 1. The van der Waals surface area contributed by atoms with Gasteiger partial charge in [-0.15, -0.1) is 11.6 Å². The number of nitrogens with zero attached hydrogens (tertiary/aromatic N) is 1. The van der Waals surface area contributed by atoms with Gasteiger partial charge in [-0.05, 0) is 5.56 Å². The summed E-state index contributed by atoms with van der Waals surface area (Å²) in [6.45, 7) is 0. The molecule has 17 heavy (non-hydrogen) atoms. The number of hydrogen-bond acceptors (Lipinski definition) is 5. The summed E-state index contributed by atoms with van der Waals surface area (Å²) in [5.41, 5.74) is 10.7. The number of carbonyl (C=O) groups is 1. The number of hydrazone groups is 1. The Kier molecular flexibility index (Phi) is 4.05. The van der Waals surface area contributed by atoms with Crippen LogP contribution in [0.1, 0.15) is 5.56 Å². The van der Waals surface area contributed by atoms with Gasteiger partial charge in [0.1, 0.15) is 11.5 Å². The van der Waals surface area contributed by atoms with Crippen molar-refractivity contribution < 1.29 is 4.79 Å². The number of carbonyl (C=O) groups excluding carboxylic acids is 1. The molecule has 2 unspecified atom stereocenters. The Balaban J connectivity index is 1.86. The van der Waals surface area contributed by atoms with E-state index in [0.717, 1.165) is 5.56 Å². The van der Waals surface area contributed by atoms with Gasteiger partial charge in [0, 0.05) is 0 Å². The van der Waals surface area contributed by atoms with E-state index in [1.807, 2.05) is 30.3 Å². The Morgan fingerprint density at radius 3 is 2.76 bits per heavy atom. The standard InChI is InChI=1S/C10H12ClN5O/c11-9-8(13-16-14-9)10(17)15-12-6-7-4-2-1-3-5-7/h1-6,8-9,13-14,16H,(H,15,17)/b12-6-. The molecule has 1 saturated heterocycles. The quantitative estimate of drug-likeness (QED) is 0.258. The Morgan fingerprint density at radius 1 is 1.35 bits per heavy atom. The van der Waals surface area contributed by atoms with Gasteiger partial charge in [0.25, 0.3) is 5.91 Å². The van der Waals surface area contributed by atoms with Crippen LogP contribution < -0.4 is 21.8 Å². The lowest BCUT2D eigenvalue weighted by atomic mass is 10.2. The van der Waals surface area contributed by atoms with Gasteiger partial charge in [-0.25, -0.2) is 16.3 Å². The molecule has 1 aliphatic rings. The summed E-state index contributed by atoms with van der Waals surface area (Å²) in [6.07, 6.45) is 1.57. The van der Waals surface area contributed by atoms with Crippen molar-refractivity contribution in [1.82, 2.24) is 21.8 Å². The molecule has 0 aromatic heterocycles. The van der Waals surface area contributed by atoms with Crippen molar-refractivity contribution in [2.45, 2.75) is 11.5 Å². The van der Waals surface area contributed by atoms with Crippen molar-refractivity contribution in [3.05, 3.63) is 35.9 Å². The zero-order chi connectivity index (χ0) is 12.1. The first kappa shape index (κ1) is 12.0. The first-order valence-corrected chi connectivity index (χ1v) is 5.49. The predicted molar refractivity (Wildman–Crippen MR) is 65.0 cm³/mol. The second kappa shape index (κ2) is 5.74. The fourth-order valence-electron chi connectivity index (χ4n) is 1.32. The van der Waals surface area contributed by atoms with Gasteiger partial charge in [0.2, 0.25) is 0 Å². The highest BCUT2D eigenvalue weighted by Gasteiger charge is 2.30. The Labute approximate surface area is 103 Å². The van der Waals surface area contributed by atoms with Gasteiger partial charge in [-0.3, -0.25) is 4.79 Å². The fourth-order valence-corrected chi connectivity index (χ4v) is 1.55. The largest absolute Gasteiger partial charge is 0.271 e. The summed E-state index contributed by atoms with van der Waals surface area (Å²) in [6, 6.07) is 8.90. The van der Waals surface area contributed by atoms with E-state index in [0.29, 0.717) is 0 Å². The maximum Gasteiger partial charge on any atom is 0.261 e. The molecule has 1 amide bonds. The highest BCUT2D eigenvalue weighted by molar-refractivity contribution is 6.22. The molecule has 0 saturated carbocycles. The Morgan fingerprint density at radius 2 is 2.12 bits per heavy atom. The van der Waals surface area contributed by atoms with Crippen LogP contribution in [0.4, 0.5) is 0 Å². The maximum atomic E-state index is 11.6. The molecule has 0 radical (unpaired) electrons. The van der Waals surface area contributed by atoms with Crippen molar-refractivity contribution in [3.63, 3.8) is 0 Å². The first-order chi connectivity index (χ1) is 8.27. The third-order valence-corrected chi connectivity index (χ3v) is 2.56. The summed E-state index contributed by atoms with van der Waals surface area (Å²) in [4.78, 5) is 11.6. The molecule has 7 heteroatoms. The van der Waals surface area contributed by atoms with Crippen LogP contribution in [0.25, 0.3) is 0 Å². The summed E-state index contributed by atoms with van der Waals surface area (Å²) < 4.78 is 0. The number of alkyl halides is 1. The molecule has 1 fully saturated rings. The number of nitrogens with one attached hydrogen (secondary N) is 4. The molecule has 2 rings (SSSR count). The van der Waals surface area contributed by atoms with Gasteiger partial charge < -0.3 is 0 Å². The third kappa shape index (κ3) is 3.24. The second-order valence-corrected chi connectivity index (χ2v) is 3.91. The fraction of sp³-hybridized carbons (Fsp3) is 0.200. The van der Waals surface area contributed by atoms with Crippen molar-refractivity contribution in [1.29, 1.82) is 0 Å². The van der Waals surface area contributed by atoms with Crippen LogP contribution in [0.3, 0.4) is 0 Å². The molecule has 1 aromatic carbocycles. The minimum absolute atomic E-state index is 0.310. The second-order valence-electron chi connectivity index (χ2n) is 3.44. The summed E-state index contributed by atoms with van der Waals surface area (Å²) in [5.74, 6) is -0.310. The van der Waals surface area contributed by atoms with Gasteiger partial charge >= 0.3 is 0 Å². The number of halogens is 1. The zero-order valence-corrected chi connectivity index (χ0v) is 9.61. The van der Waals surface area contributed by atoms with Crippen molar-refractivity contribution >= 4 is 23.7 Å². The van der Waals surface area contributed by atoms with Crippen molar-refractivity contribution in [3.8, 4) is 0 Å². The third-order valence-electron chi connectivity index (χ3n) is 2.20. The molecular formula is C10H12ClN5O. The van der Waals surface area contributed by atoms with E-state index in [1.165, 1.54) is 0 Å². The highest BCUT2D eigenvalue weighted by atomic mass is 35.5. The molecule has 2 atom stereocenters. The predicted octanol–water partition coefficient (Wildman–Crippen LogP) is -0.317. The van der Waals surface area contributed by atoms with Crippen LogP contribution >= 0.6 is 11.6 Å². The minimum atomic E-state index is -0.565. The smallest absolute Gasteiger partial charge is 0.261 e. The molecule has 0 aliphatic carbocycles. The lowest BCUT2D eigenvalue weighted by Gasteiger charge is -2.09. The van der Waals surface area contributed by atoms with Crippen LogP contribution in [0.15, 0.2) is 35.4 Å². The number of hydrazine groups is 2. The average Bonchev–Trinajstić information content (AvgIpc) is 2.77. The summed E-state index contributed by atoms with van der Waals surface area (Å²) in [5, 5.41) is 3.84. The Hall–Kier alpha value is -1.47. The number of hydrogen-bond donors (Lipinski definition) is 4. The van der Waals surface area contributed by atoms with Crippen molar-refractivity contribution in [2.75, 3.05) is 0 Å². The molecule has 0 spiro atoms. The van der Waals surface area contributed by atoms with Gasteiger partial charge in [0.05, 0.1) is 6.21 Å². The topological polar surface area (TPSA) is 77.5 Å². The summed E-state index contributed by atoms with van der Waals surface area (Å²) >= 11 is 5.82. The maximum absolute atomic E-state index is 11.6. The van der Waals surface area contributed by atoms with Crippen LogP contribution in [0.5, 0.6) is 0 Å². The highest BCUT2D eigenvalue weighted by Crippen LogP contribution is 2.01. The molecule has 1 aromatic rings.